The van der Waals surface area contributed by atoms with Gasteiger partial charge in [-0.1, -0.05) is 6.92 Å². The molecule has 0 aliphatic carbocycles. The molecule has 19 heavy (non-hydrogen) atoms. The van der Waals surface area contributed by atoms with Crippen molar-refractivity contribution in [3.63, 3.8) is 0 Å². The number of halogens is 1. The molecule has 2 rings (SSSR count). The van der Waals surface area contributed by atoms with Crippen LogP contribution in [0, 0.1) is 11.7 Å². The van der Waals surface area contributed by atoms with Gasteiger partial charge < -0.3 is 5.73 Å². The van der Waals surface area contributed by atoms with Gasteiger partial charge in [-0.3, -0.25) is 0 Å². The zero-order valence-corrected chi connectivity index (χ0v) is 12.0. The van der Waals surface area contributed by atoms with Gasteiger partial charge in [0.2, 0.25) is 10.0 Å². The van der Waals surface area contributed by atoms with Crippen LogP contribution in [0.3, 0.4) is 0 Å². The van der Waals surface area contributed by atoms with Crippen LogP contribution in [0.5, 0.6) is 0 Å². The largest absolute Gasteiger partial charge is 0.399 e. The SMILES string of the molecule is CC1CCC(C)N(S(=O)(=O)c2cc(N)cc(F)c2)C1. The molecule has 1 aliphatic rings. The van der Waals surface area contributed by atoms with Crippen LogP contribution in [0.4, 0.5) is 10.1 Å². The first-order valence-corrected chi connectivity index (χ1v) is 7.82. The van der Waals surface area contributed by atoms with E-state index in [9.17, 15) is 12.8 Å². The van der Waals surface area contributed by atoms with Crippen molar-refractivity contribution >= 4 is 15.7 Å². The highest BCUT2D eigenvalue weighted by Crippen LogP contribution is 2.28. The Bertz CT molecular complexity index is 554. The average molecular weight is 286 g/mol. The van der Waals surface area contributed by atoms with E-state index >= 15 is 0 Å². The summed E-state index contributed by atoms with van der Waals surface area (Å²) in [7, 11) is -3.68. The van der Waals surface area contributed by atoms with Gasteiger partial charge in [0.15, 0.2) is 0 Å². The molecular formula is C13H19FN2O2S. The van der Waals surface area contributed by atoms with Gasteiger partial charge in [-0.05, 0) is 43.9 Å². The summed E-state index contributed by atoms with van der Waals surface area (Å²) in [5, 5.41) is 0. The van der Waals surface area contributed by atoms with Crippen molar-refractivity contribution in [2.75, 3.05) is 12.3 Å². The molecule has 1 aromatic carbocycles. The minimum absolute atomic E-state index is 0.0639. The lowest BCUT2D eigenvalue weighted by atomic mass is 9.97. The molecule has 0 spiro atoms. The lowest BCUT2D eigenvalue weighted by Gasteiger charge is -2.35. The van der Waals surface area contributed by atoms with Crippen LogP contribution in [0.15, 0.2) is 23.1 Å². The topological polar surface area (TPSA) is 63.4 Å². The molecule has 1 fully saturated rings. The van der Waals surface area contributed by atoms with Gasteiger partial charge in [-0.25, -0.2) is 12.8 Å². The fourth-order valence-corrected chi connectivity index (χ4v) is 4.30. The maximum Gasteiger partial charge on any atom is 0.243 e. The van der Waals surface area contributed by atoms with Crippen LogP contribution in [-0.4, -0.2) is 25.3 Å². The molecule has 0 aromatic heterocycles. The fourth-order valence-electron chi connectivity index (χ4n) is 2.45. The lowest BCUT2D eigenvalue weighted by molar-refractivity contribution is 0.218. The summed E-state index contributed by atoms with van der Waals surface area (Å²) >= 11 is 0. The minimum Gasteiger partial charge on any atom is -0.399 e. The first-order valence-electron chi connectivity index (χ1n) is 6.38. The summed E-state index contributed by atoms with van der Waals surface area (Å²) in [5.41, 5.74) is 5.65. The van der Waals surface area contributed by atoms with Gasteiger partial charge >= 0.3 is 0 Å². The van der Waals surface area contributed by atoms with Gasteiger partial charge in [0.1, 0.15) is 5.82 Å². The summed E-state index contributed by atoms with van der Waals surface area (Å²) in [6, 6.07) is 3.38. The fraction of sp³-hybridized carbons (Fsp3) is 0.538. The van der Waals surface area contributed by atoms with E-state index < -0.39 is 15.8 Å². The Morgan fingerprint density at radius 3 is 2.58 bits per heavy atom. The summed E-state index contributed by atoms with van der Waals surface area (Å²) in [6.45, 7) is 4.38. The molecule has 4 nitrogen and oxygen atoms in total. The summed E-state index contributed by atoms with van der Waals surface area (Å²) < 4.78 is 39.9. The Morgan fingerprint density at radius 1 is 1.26 bits per heavy atom. The van der Waals surface area contributed by atoms with Crippen molar-refractivity contribution in [3.8, 4) is 0 Å². The van der Waals surface area contributed by atoms with Gasteiger partial charge in [0, 0.05) is 18.3 Å². The van der Waals surface area contributed by atoms with Crippen molar-refractivity contribution in [3.05, 3.63) is 24.0 Å². The van der Waals surface area contributed by atoms with Crippen LogP contribution >= 0.6 is 0 Å². The van der Waals surface area contributed by atoms with Crippen molar-refractivity contribution in [2.24, 2.45) is 5.92 Å². The van der Waals surface area contributed by atoms with Gasteiger partial charge in [0.25, 0.3) is 0 Å². The number of nitrogen functional groups attached to an aromatic ring is 1. The molecule has 0 amide bonds. The molecule has 1 aliphatic heterocycles. The van der Waals surface area contributed by atoms with Crippen LogP contribution in [-0.2, 0) is 10.0 Å². The average Bonchev–Trinajstić information content (AvgIpc) is 2.31. The molecule has 0 saturated carbocycles. The van der Waals surface area contributed by atoms with Crippen LogP contribution < -0.4 is 5.73 Å². The van der Waals surface area contributed by atoms with E-state index in [4.69, 9.17) is 5.73 Å². The second-order valence-electron chi connectivity index (χ2n) is 5.33. The van der Waals surface area contributed by atoms with E-state index in [1.54, 1.807) is 0 Å². The number of benzene rings is 1. The Balaban J connectivity index is 2.40. The zero-order valence-electron chi connectivity index (χ0n) is 11.1. The van der Waals surface area contributed by atoms with Gasteiger partial charge in [0.05, 0.1) is 4.90 Å². The Morgan fingerprint density at radius 2 is 1.95 bits per heavy atom. The van der Waals surface area contributed by atoms with Crippen molar-refractivity contribution in [1.82, 2.24) is 4.31 Å². The Hall–Kier alpha value is -1.14. The second kappa shape index (κ2) is 5.09. The quantitative estimate of drug-likeness (QED) is 0.848. The van der Waals surface area contributed by atoms with Crippen molar-refractivity contribution in [2.45, 2.75) is 37.6 Å². The Kier molecular flexibility index (Phi) is 3.82. The number of rotatable bonds is 2. The van der Waals surface area contributed by atoms with E-state index in [1.807, 2.05) is 13.8 Å². The second-order valence-corrected chi connectivity index (χ2v) is 7.22. The third-order valence-corrected chi connectivity index (χ3v) is 5.52. The molecule has 2 unspecified atom stereocenters. The lowest BCUT2D eigenvalue weighted by Crippen LogP contribution is -2.44. The highest BCUT2D eigenvalue weighted by atomic mass is 32.2. The number of nitrogens with two attached hydrogens (primary N) is 1. The normalized spacial score (nSPS) is 25.4. The van der Waals surface area contributed by atoms with E-state index in [1.165, 1.54) is 10.4 Å². The molecule has 2 N–H and O–H groups in total. The van der Waals surface area contributed by atoms with E-state index in [0.29, 0.717) is 12.5 Å². The molecule has 106 valence electrons. The van der Waals surface area contributed by atoms with E-state index in [2.05, 4.69) is 0 Å². The predicted octanol–water partition coefficient (Wildman–Crippen LogP) is 2.22. The number of nitrogens with zero attached hydrogens (tertiary/aromatic N) is 1. The molecule has 1 heterocycles. The molecule has 6 heteroatoms. The monoisotopic (exact) mass is 286 g/mol. The van der Waals surface area contributed by atoms with Gasteiger partial charge in [-0.15, -0.1) is 0 Å². The standard InChI is InChI=1S/C13H19FN2O2S/c1-9-3-4-10(2)16(8-9)19(17,18)13-6-11(14)5-12(15)7-13/h5-7,9-10H,3-4,8,15H2,1-2H3. The molecule has 0 bridgehead atoms. The van der Waals surface area contributed by atoms with E-state index in [0.717, 1.165) is 25.0 Å². The molecule has 2 atom stereocenters. The van der Waals surface area contributed by atoms with Gasteiger partial charge in [-0.2, -0.15) is 4.31 Å². The van der Waals surface area contributed by atoms with Crippen LogP contribution in [0.25, 0.3) is 0 Å². The maximum atomic E-state index is 13.3. The highest BCUT2D eigenvalue weighted by Gasteiger charge is 2.33. The van der Waals surface area contributed by atoms with Crippen molar-refractivity contribution in [1.29, 1.82) is 0 Å². The van der Waals surface area contributed by atoms with E-state index in [-0.39, 0.29) is 16.6 Å². The molecule has 1 aromatic rings. The number of hydrogen-bond donors (Lipinski definition) is 1. The predicted molar refractivity (Wildman–Crippen MR) is 72.6 cm³/mol. The summed E-state index contributed by atoms with van der Waals surface area (Å²) in [4.78, 5) is -0.0639. The first-order chi connectivity index (χ1) is 8.80. The summed E-state index contributed by atoms with van der Waals surface area (Å²) in [5.74, 6) is -0.312. The number of sulfonamides is 1. The maximum absolute atomic E-state index is 13.3. The van der Waals surface area contributed by atoms with Crippen LogP contribution in [0.2, 0.25) is 0 Å². The highest BCUT2D eigenvalue weighted by molar-refractivity contribution is 7.89. The minimum atomic E-state index is -3.68. The smallest absolute Gasteiger partial charge is 0.243 e. The zero-order chi connectivity index (χ0) is 14.2. The molecule has 0 radical (unpaired) electrons. The molecule has 1 saturated heterocycles. The van der Waals surface area contributed by atoms with Crippen molar-refractivity contribution < 1.29 is 12.8 Å². The molecular weight excluding hydrogens is 267 g/mol. The van der Waals surface area contributed by atoms with Crippen LogP contribution in [0.1, 0.15) is 26.7 Å². The Labute approximate surface area is 113 Å². The number of anilines is 1. The number of hydrogen-bond acceptors (Lipinski definition) is 3. The number of piperidine rings is 1. The third-order valence-electron chi connectivity index (χ3n) is 3.56. The first kappa shape index (κ1) is 14.3. The summed E-state index contributed by atoms with van der Waals surface area (Å²) in [6.07, 6.45) is 1.84. The third kappa shape index (κ3) is 2.90.